The number of halogens is 1. The molecule has 0 saturated carbocycles. The maximum Gasteiger partial charge on any atom is 0.174 e. The molecular weight excluding hydrogens is 341 g/mol. The van der Waals surface area contributed by atoms with E-state index in [1.165, 1.54) is 18.2 Å². The first-order valence-electron chi connectivity index (χ1n) is 8.12. The Hall–Kier alpha value is -2.25. The molecule has 1 aliphatic heterocycles. The third-order valence-corrected chi connectivity index (χ3v) is 4.76. The van der Waals surface area contributed by atoms with Gasteiger partial charge in [-0.2, -0.15) is 0 Å². The van der Waals surface area contributed by atoms with Gasteiger partial charge < -0.3 is 20.5 Å². The van der Waals surface area contributed by atoms with Gasteiger partial charge in [0.15, 0.2) is 16.7 Å². The average molecular weight is 361 g/mol. The maximum atomic E-state index is 13.3. The van der Waals surface area contributed by atoms with E-state index in [2.05, 4.69) is 15.6 Å². The number of hydrogen-bond donors (Lipinski definition) is 3. The third kappa shape index (κ3) is 4.24. The zero-order valence-electron chi connectivity index (χ0n) is 13.7. The van der Waals surface area contributed by atoms with Crippen LogP contribution in [0.4, 0.5) is 10.2 Å². The monoisotopic (exact) mass is 361 g/mol. The summed E-state index contributed by atoms with van der Waals surface area (Å²) in [5.41, 5.74) is 0.886. The van der Waals surface area contributed by atoms with Crippen LogP contribution in [-0.2, 0) is 10.2 Å². The number of aromatic nitrogens is 1. The highest BCUT2D eigenvalue weighted by molar-refractivity contribution is 7.80. The minimum atomic E-state index is -0.248. The van der Waals surface area contributed by atoms with Gasteiger partial charge in [-0.1, -0.05) is 12.1 Å². The molecule has 25 heavy (non-hydrogen) atoms. The zero-order chi connectivity index (χ0) is 17.7. The van der Waals surface area contributed by atoms with Crippen molar-refractivity contribution in [3.05, 3.63) is 54.0 Å². The molecule has 3 N–H and O–H groups in total. The van der Waals surface area contributed by atoms with E-state index >= 15 is 0 Å². The van der Waals surface area contributed by atoms with Gasteiger partial charge in [0.2, 0.25) is 0 Å². The lowest BCUT2D eigenvalue weighted by atomic mass is 9.74. The molecule has 1 fully saturated rings. The second-order valence-corrected chi connectivity index (χ2v) is 6.49. The van der Waals surface area contributed by atoms with Crippen LogP contribution < -0.4 is 10.6 Å². The third-order valence-electron chi connectivity index (χ3n) is 4.51. The molecule has 2 aromatic rings. The summed E-state index contributed by atoms with van der Waals surface area (Å²) >= 11 is 5.32. The number of aromatic hydroxyl groups is 1. The molecule has 5 nitrogen and oxygen atoms in total. The van der Waals surface area contributed by atoms with Gasteiger partial charge in [-0.15, -0.1) is 0 Å². The average Bonchev–Trinajstić information content (AvgIpc) is 2.63. The van der Waals surface area contributed by atoms with E-state index in [0.717, 1.165) is 18.4 Å². The van der Waals surface area contributed by atoms with Crippen LogP contribution in [0.25, 0.3) is 0 Å². The number of pyridine rings is 1. The Morgan fingerprint density at radius 3 is 2.64 bits per heavy atom. The minimum Gasteiger partial charge on any atom is -0.504 e. The van der Waals surface area contributed by atoms with Crippen LogP contribution in [-0.4, -0.2) is 35.0 Å². The molecule has 1 aromatic heterocycles. The first kappa shape index (κ1) is 17.6. The molecule has 0 radical (unpaired) electrons. The lowest BCUT2D eigenvalue weighted by Gasteiger charge is -2.38. The first-order valence-corrected chi connectivity index (χ1v) is 8.53. The summed E-state index contributed by atoms with van der Waals surface area (Å²) in [6, 6.07) is 9.79. The molecular formula is C18H20FN3O2S. The van der Waals surface area contributed by atoms with Crippen molar-refractivity contribution in [3.8, 4) is 5.75 Å². The molecule has 0 aliphatic carbocycles. The van der Waals surface area contributed by atoms with Crippen LogP contribution in [0, 0.1) is 5.82 Å². The molecule has 0 atom stereocenters. The Kier molecular flexibility index (Phi) is 5.45. The summed E-state index contributed by atoms with van der Waals surface area (Å²) in [5, 5.41) is 16.2. The van der Waals surface area contributed by atoms with Crippen molar-refractivity contribution in [2.24, 2.45) is 0 Å². The Balaban J connectivity index is 1.70. The number of hydrogen-bond acceptors (Lipinski definition) is 4. The van der Waals surface area contributed by atoms with E-state index in [9.17, 15) is 9.50 Å². The topological polar surface area (TPSA) is 66.4 Å². The van der Waals surface area contributed by atoms with Gasteiger partial charge in [-0.05, 0) is 54.9 Å². The SMILES string of the molecule is Oc1cccnc1NC(=S)NCC1(c2ccc(F)cc2)CCOCC1. The van der Waals surface area contributed by atoms with Gasteiger partial charge in [0.25, 0.3) is 0 Å². The van der Waals surface area contributed by atoms with Gasteiger partial charge in [0.1, 0.15) is 5.82 Å². The van der Waals surface area contributed by atoms with Gasteiger partial charge in [-0.25, -0.2) is 9.37 Å². The van der Waals surface area contributed by atoms with Gasteiger partial charge in [-0.3, -0.25) is 0 Å². The molecule has 7 heteroatoms. The fourth-order valence-electron chi connectivity index (χ4n) is 3.03. The van der Waals surface area contributed by atoms with Crippen LogP contribution in [0.15, 0.2) is 42.6 Å². The summed E-state index contributed by atoms with van der Waals surface area (Å²) in [6.07, 6.45) is 3.22. The van der Waals surface area contributed by atoms with Crippen LogP contribution in [0.3, 0.4) is 0 Å². The number of benzene rings is 1. The second kappa shape index (κ2) is 7.76. The van der Waals surface area contributed by atoms with Crippen LogP contribution >= 0.6 is 12.2 Å². The van der Waals surface area contributed by atoms with Gasteiger partial charge in [0, 0.05) is 31.4 Å². The summed E-state index contributed by atoms with van der Waals surface area (Å²) < 4.78 is 18.8. The molecule has 1 saturated heterocycles. The van der Waals surface area contributed by atoms with E-state index in [-0.39, 0.29) is 17.0 Å². The quantitative estimate of drug-likeness (QED) is 0.728. The van der Waals surface area contributed by atoms with E-state index in [1.54, 1.807) is 12.3 Å². The fraction of sp³-hybridized carbons (Fsp3) is 0.333. The summed E-state index contributed by atoms with van der Waals surface area (Å²) in [7, 11) is 0. The number of nitrogens with one attached hydrogen (secondary N) is 2. The van der Waals surface area contributed by atoms with Crippen molar-refractivity contribution in [1.29, 1.82) is 0 Å². The Morgan fingerprint density at radius 1 is 1.24 bits per heavy atom. The summed E-state index contributed by atoms with van der Waals surface area (Å²) in [4.78, 5) is 4.05. The Bertz CT molecular complexity index is 733. The molecule has 0 bridgehead atoms. The van der Waals surface area contributed by atoms with Crippen molar-refractivity contribution < 1.29 is 14.2 Å². The molecule has 0 unspecified atom stereocenters. The lowest BCUT2D eigenvalue weighted by Crippen LogP contribution is -2.45. The second-order valence-electron chi connectivity index (χ2n) is 6.08. The van der Waals surface area contributed by atoms with Crippen molar-refractivity contribution in [2.75, 3.05) is 25.1 Å². The standard InChI is InChI=1S/C18H20FN3O2S/c19-14-5-3-13(4-6-14)18(7-10-24-11-8-18)12-21-17(25)22-16-15(23)2-1-9-20-16/h1-6,9,23H,7-8,10-12H2,(H2,20,21,22,25). The number of anilines is 1. The minimum absolute atomic E-state index is 0.0333. The highest BCUT2D eigenvalue weighted by atomic mass is 32.1. The fourth-order valence-corrected chi connectivity index (χ4v) is 3.20. The zero-order valence-corrected chi connectivity index (χ0v) is 14.5. The molecule has 132 valence electrons. The van der Waals surface area contributed by atoms with Crippen LogP contribution in [0.5, 0.6) is 5.75 Å². The van der Waals surface area contributed by atoms with Gasteiger partial charge in [0.05, 0.1) is 0 Å². The highest BCUT2D eigenvalue weighted by Crippen LogP contribution is 2.34. The van der Waals surface area contributed by atoms with E-state index in [1.807, 2.05) is 12.1 Å². The predicted octanol–water partition coefficient (Wildman–Crippen LogP) is 2.96. The first-order chi connectivity index (χ1) is 12.1. The highest BCUT2D eigenvalue weighted by Gasteiger charge is 2.34. The van der Waals surface area contributed by atoms with Crippen LogP contribution in [0.1, 0.15) is 18.4 Å². The lowest BCUT2D eigenvalue weighted by molar-refractivity contribution is 0.0515. The molecule has 1 aromatic carbocycles. The maximum absolute atomic E-state index is 13.3. The molecule has 3 rings (SSSR count). The summed E-state index contributed by atoms with van der Waals surface area (Å²) in [6.45, 7) is 1.89. The van der Waals surface area contributed by atoms with Crippen molar-refractivity contribution >= 4 is 23.1 Å². The molecule has 0 spiro atoms. The molecule has 0 amide bonds. The number of thiocarbonyl (C=S) groups is 1. The molecule has 1 aliphatic rings. The number of rotatable bonds is 4. The largest absolute Gasteiger partial charge is 0.504 e. The van der Waals surface area contributed by atoms with Crippen molar-refractivity contribution in [3.63, 3.8) is 0 Å². The van der Waals surface area contributed by atoms with Crippen LogP contribution in [0.2, 0.25) is 0 Å². The van der Waals surface area contributed by atoms with E-state index in [4.69, 9.17) is 17.0 Å². The molecule has 2 heterocycles. The van der Waals surface area contributed by atoms with E-state index in [0.29, 0.717) is 30.7 Å². The van der Waals surface area contributed by atoms with E-state index < -0.39 is 0 Å². The number of nitrogens with zero attached hydrogens (tertiary/aromatic N) is 1. The predicted molar refractivity (Wildman–Crippen MR) is 98.3 cm³/mol. The van der Waals surface area contributed by atoms with Gasteiger partial charge >= 0.3 is 0 Å². The smallest absolute Gasteiger partial charge is 0.174 e. The Labute approximate surface area is 151 Å². The van der Waals surface area contributed by atoms with Crippen molar-refractivity contribution in [1.82, 2.24) is 10.3 Å². The normalized spacial score (nSPS) is 16.2. The number of ether oxygens (including phenoxy) is 1. The Morgan fingerprint density at radius 2 is 1.96 bits per heavy atom. The van der Waals surface area contributed by atoms with Crippen molar-refractivity contribution in [2.45, 2.75) is 18.3 Å². The summed E-state index contributed by atoms with van der Waals surface area (Å²) in [5.74, 6) is 0.0931.